The number of rotatable bonds is 4. The third-order valence-electron chi connectivity index (χ3n) is 1.63. The number of methoxy groups -OCH3 is 1. The van der Waals surface area contributed by atoms with Gasteiger partial charge in [0.2, 0.25) is 0 Å². The number of ether oxygens (including phenoxy) is 1. The zero-order chi connectivity index (χ0) is 9.68. The third kappa shape index (κ3) is 3.14. The summed E-state index contributed by atoms with van der Waals surface area (Å²) in [6.07, 6.45) is 2.37. The van der Waals surface area contributed by atoms with Crippen LogP contribution in [0, 0.1) is 0 Å². The van der Waals surface area contributed by atoms with Gasteiger partial charge in [0.25, 0.3) is 0 Å². The lowest BCUT2D eigenvalue weighted by atomic mass is 10.3. The zero-order valence-corrected chi connectivity index (χ0v) is 8.69. The second-order valence-electron chi connectivity index (χ2n) is 2.74. The Balaban J connectivity index is 2.53. The fraction of sp³-hybridized carbons (Fsp3) is 0.556. The number of carbonyl (C=O) groups excluding carboxylic acids is 1. The van der Waals surface area contributed by atoms with Gasteiger partial charge < -0.3 is 4.74 Å². The van der Waals surface area contributed by atoms with Gasteiger partial charge in [0.05, 0.1) is 19.2 Å². The molecule has 0 aromatic carbocycles. The first kappa shape index (κ1) is 10.2. The molecule has 3 nitrogen and oxygen atoms in total. The van der Waals surface area contributed by atoms with E-state index in [4.69, 9.17) is 0 Å². The minimum Gasteiger partial charge on any atom is -0.469 e. The minimum atomic E-state index is -0.225. The lowest BCUT2D eigenvalue weighted by Crippen LogP contribution is -2.04. The SMILES string of the molecule is CCCc1csc(CC(=O)OC)n1. The van der Waals surface area contributed by atoms with Crippen LogP contribution in [0.3, 0.4) is 0 Å². The first-order valence-corrected chi connectivity index (χ1v) is 5.14. The Labute approximate surface area is 81.8 Å². The van der Waals surface area contributed by atoms with Crippen molar-refractivity contribution in [1.29, 1.82) is 0 Å². The third-order valence-corrected chi connectivity index (χ3v) is 2.53. The first-order valence-electron chi connectivity index (χ1n) is 4.26. The van der Waals surface area contributed by atoms with E-state index in [2.05, 4.69) is 16.6 Å². The molecule has 0 saturated heterocycles. The van der Waals surface area contributed by atoms with Crippen LogP contribution in [0.1, 0.15) is 24.0 Å². The molecular formula is C9H13NO2S. The average molecular weight is 199 g/mol. The van der Waals surface area contributed by atoms with E-state index in [9.17, 15) is 4.79 Å². The van der Waals surface area contributed by atoms with E-state index >= 15 is 0 Å². The van der Waals surface area contributed by atoms with Crippen LogP contribution >= 0.6 is 11.3 Å². The number of esters is 1. The summed E-state index contributed by atoms with van der Waals surface area (Å²) in [6, 6.07) is 0. The number of hydrogen-bond donors (Lipinski definition) is 0. The van der Waals surface area contributed by atoms with Gasteiger partial charge in [-0.05, 0) is 6.42 Å². The lowest BCUT2D eigenvalue weighted by Gasteiger charge is -1.93. The van der Waals surface area contributed by atoms with Gasteiger partial charge in [-0.3, -0.25) is 4.79 Å². The monoisotopic (exact) mass is 199 g/mol. The van der Waals surface area contributed by atoms with Crippen molar-refractivity contribution >= 4 is 17.3 Å². The summed E-state index contributed by atoms with van der Waals surface area (Å²) in [5.74, 6) is -0.225. The van der Waals surface area contributed by atoms with Gasteiger partial charge in [0, 0.05) is 5.38 Å². The fourth-order valence-corrected chi connectivity index (χ4v) is 1.81. The van der Waals surface area contributed by atoms with Crippen LogP contribution in [0.15, 0.2) is 5.38 Å². The van der Waals surface area contributed by atoms with Gasteiger partial charge in [0.1, 0.15) is 5.01 Å². The molecule has 0 aliphatic carbocycles. The van der Waals surface area contributed by atoms with Crippen molar-refractivity contribution in [2.45, 2.75) is 26.2 Å². The van der Waals surface area contributed by atoms with E-state index in [1.807, 2.05) is 5.38 Å². The standard InChI is InChI=1S/C9H13NO2S/c1-3-4-7-6-13-8(10-7)5-9(11)12-2/h6H,3-5H2,1-2H3. The molecule has 1 aromatic heterocycles. The topological polar surface area (TPSA) is 39.2 Å². The predicted octanol–water partition coefficient (Wildman–Crippen LogP) is 1.81. The molecule has 0 fully saturated rings. The van der Waals surface area contributed by atoms with Gasteiger partial charge >= 0.3 is 5.97 Å². The predicted molar refractivity (Wildman–Crippen MR) is 51.8 cm³/mol. The second-order valence-corrected chi connectivity index (χ2v) is 3.68. The summed E-state index contributed by atoms with van der Waals surface area (Å²) < 4.78 is 4.55. The lowest BCUT2D eigenvalue weighted by molar-refractivity contribution is -0.139. The van der Waals surface area contributed by atoms with E-state index in [0.717, 1.165) is 23.5 Å². The molecule has 0 saturated carbocycles. The normalized spacial score (nSPS) is 10.0. The van der Waals surface area contributed by atoms with Crippen LogP contribution in [0.2, 0.25) is 0 Å². The van der Waals surface area contributed by atoms with Crippen LogP contribution < -0.4 is 0 Å². The van der Waals surface area contributed by atoms with Crippen LogP contribution in [-0.2, 0) is 22.4 Å². The second kappa shape index (κ2) is 4.97. The van der Waals surface area contributed by atoms with Crippen molar-refractivity contribution in [2.75, 3.05) is 7.11 Å². The molecule has 0 spiro atoms. The Bertz CT molecular complexity index is 283. The Morgan fingerprint density at radius 3 is 3.08 bits per heavy atom. The largest absolute Gasteiger partial charge is 0.469 e. The molecule has 0 amide bonds. The Kier molecular flexibility index (Phi) is 3.89. The average Bonchev–Trinajstić information content (AvgIpc) is 2.53. The molecule has 0 N–H and O–H groups in total. The van der Waals surface area contributed by atoms with Crippen molar-refractivity contribution < 1.29 is 9.53 Å². The fourth-order valence-electron chi connectivity index (χ4n) is 0.997. The maximum atomic E-state index is 10.9. The van der Waals surface area contributed by atoms with Crippen molar-refractivity contribution in [1.82, 2.24) is 4.98 Å². The quantitative estimate of drug-likeness (QED) is 0.694. The molecule has 1 heterocycles. The molecular weight excluding hydrogens is 186 g/mol. The van der Waals surface area contributed by atoms with Crippen LogP contribution in [0.5, 0.6) is 0 Å². The van der Waals surface area contributed by atoms with Crippen molar-refractivity contribution in [2.24, 2.45) is 0 Å². The molecule has 0 bridgehead atoms. The summed E-state index contributed by atoms with van der Waals surface area (Å²) in [5.41, 5.74) is 1.08. The van der Waals surface area contributed by atoms with Crippen LogP contribution in [0.4, 0.5) is 0 Å². The smallest absolute Gasteiger partial charge is 0.312 e. The molecule has 0 unspecified atom stereocenters. The highest BCUT2D eigenvalue weighted by Crippen LogP contribution is 2.12. The van der Waals surface area contributed by atoms with Gasteiger partial charge in [-0.1, -0.05) is 13.3 Å². The number of nitrogens with zero attached hydrogens (tertiary/aromatic N) is 1. The number of thiazole rings is 1. The molecule has 0 radical (unpaired) electrons. The van der Waals surface area contributed by atoms with Crippen LogP contribution in [-0.4, -0.2) is 18.1 Å². The van der Waals surface area contributed by atoms with E-state index in [1.54, 1.807) is 0 Å². The van der Waals surface area contributed by atoms with Gasteiger partial charge in [0.15, 0.2) is 0 Å². The van der Waals surface area contributed by atoms with Gasteiger partial charge in [-0.15, -0.1) is 11.3 Å². The maximum absolute atomic E-state index is 10.9. The Hall–Kier alpha value is -0.900. The molecule has 0 aliphatic heterocycles. The van der Waals surface area contributed by atoms with Crippen molar-refractivity contribution in [3.8, 4) is 0 Å². The molecule has 4 heteroatoms. The highest BCUT2D eigenvalue weighted by molar-refractivity contribution is 7.09. The maximum Gasteiger partial charge on any atom is 0.312 e. The molecule has 72 valence electrons. The summed E-state index contributed by atoms with van der Waals surface area (Å²) in [6.45, 7) is 2.11. The van der Waals surface area contributed by atoms with E-state index in [1.165, 1.54) is 18.4 Å². The van der Waals surface area contributed by atoms with Gasteiger partial charge in [-0.2, -0.15) is 0 Å². The highest BCUT2D eigenvalue weighted by Gasteiger charge is 2.06. The van der Waals surface area contributed by atoms with Crippen LogP contribution in [0.25, 0.3) is 0 Å². The van der Waals surface area contributed by atoms with E-state index < -0.39 is 0 Å². The summed E-state index contributed by atoms with van der Waals surface area (Å²) in [5, 5.41) is 2.84. The van der Waals surface area contributed by atoms with E-state index in [-0.39, 0.29) is 5.97 Å². The minimum absolute atomic E-state index is 0.225. The van der Waals surface area contributed by atoms with Crippen molar-refractivity contribution in [3.63, 3.8) is 0 Å². The number of aromatic nitrogens is 1. The van der Waals surface area contributed by atoms with Gasteiger partial charge in [-0.25, -0.2) is 4.98 Å². The summed E-state index contributed by atoms with van der Waals surface area (Å²) in [4.78, 5) is 15.2. The summed E-state index contributed by atoms with van der Waals surface area (Å²) in [7, 11) is 1.39. The first-order chi connectivity index (χ1) is 6.26. The highest BCUT2D eigenvalue weighted by atomic mass is 32.1. The Morgan fingerprint density at radius 2 is 2.46 bits per heavy atom. The molecule has 1 aromatic rings. The summed E-state index contributed by atoms with van der Waals surface area (Å²) >= 11 is 1.52. The Morgan fingerprint density at radius 1 is 1.69 bits per heavy atom. The number of carbonyl (C=O) groups is 1. The molecule has 13 heavy (non-hydrogen) atoms. The molecule has 0 atom stereocenters. The van der Waals surface area contributed by atoms with E-state index in [0.29, 0.717) is 6.42 Å². The molecule has 1 rings (SSSR count). The number of hydrogen-bond acceptors (Lipinski definition) is 4. The zero-order valence-electron chi connectivity index (χ0n) is 7.87. The molecule has 0 aliphatic rings. The number of aryl methyl sites for hydroxylation is 1. The van der Waals surface area contributed by atoms with Crippen molar-refractivity contribution in [3.05, 3.63) is 16.1 Å².